The number of carbonyl (C=O) groups excluding carboxylic acids is 1. The van der Waals surface area contributed by atoms with Crippen LogP contribution in [0.2, 0.25) is 0 Å². The lowest BCUT2D eigenvalue weighted by Gasteiger charge is -2.36. The molecule has 1 amide bonds. The first kappa shape index (κ1) is 16.8. The average Bonchev–Trinajstić information content (AvgIpc) is 2.75. The van der Waals surface area contributed by atoms with Crippen molar-refractivity contribution in [1.82, 2.24) is 14.9 Å². The fourth-order valence-electron chi connectivity index (χ4n) is 3.35. The van der Waals surface area contributed by atoms with E-state index in [2.05, 4.69) is 44.0 Å². The molecule has 0 aliphatic carbocycles. The zero-order valence-electron chi connectivity index (χ0n) is 14.8. The summed E-state index contributed by atoms with van der Waals surface area (Å²) in [6.07, 6.45) is 1.68. The van der Waals surface area contributed by atoms with Gasteiger partial charge in [-0.1, -0.05) is 18.2 Å². The molecule has 2 aromatic rings. The number of carbonyl (C=O) groups is 1. The highest BCUT2D eigenvalue weighted by atomic mass is 16.5. The Labute approximate surface area is 153 Å². The van der Waals surface area contributed by atoms with Crippen LogP contribution in [0.15, 0.2) is 42.6 Å². The molecule has 4 rings (SSSR count). The normalized spacial score (nSPS) is 18.1. The molecular formula is C19H23N5O2. The number of rotatable bonds is 3. The standard InChI is InChI=1S/C19H23N5O2/c25-18(23-12-14-26-15-13-23)17-6-7-20-19(21-17)24-10-8-22(9-11-24)16-4-2-1-3-5-16/h1-7H,8-15H2. The first-order valence-corrected chi connectivity index (χ1v) is 9.06. The minimum atomic E-state index is -0.0418. The Bertz CT molecular complexity index is 741. The highest BCUT2D eigenvalue weighted by molar-refractivity contribution is 5.92. The highest BCUT2D eigenvalue weighted by Crippen LogP contribution is 2.18. The molecule has 0 spiro atoms. The van der Waals surface area contributed by atoms with Gasteiger partial charge in [0.25, 0.3) is 5.91 Å². The number of hydrogen-bond acceptors (Lipinski definition) is 6. The Morgan fingerprint density at radius 3 is 2.31 bits per heavy atom. The van der Waals surface area contributed by atoms with Gasteiger partial charge in [0.05, 0.1) is 13.2 Å². The second-order valence-electron chi connectivity index (χ2n) is 6.46. The van der Waals surface area contributed by atoms with E-state index >= 15 is 0 Å². The summed E-state index contributed by atoms with van der Waals surface area (Å²) in [6, 6.07) is 12.1. The quantitative estimate of drug-likeness (QED) is 0.828. The minimum absolute atomic E-state index is 0.0418. The van der Waals surface area contributed by atoms with Gasteiger partial charge >= 0.3 is 0 Å². The van der Waals surface area contributed by atoms with Gasteiger partial charge in [-0.2, -0.15) is 0 Å². The van der Waals surface area contributed by atoms with Crippen LogP contribution in [-0.4, -0.2) is 73.3 Å². The summed E-state index contributed by atoms with van der Waals surface area (Å²) in [5, 5.41) is 0. The molecule has 2 aliphatic heterocycles. The number of morpholine rings is 1. The fourth-order valence-corrected chi connectivity index (χ4v) is 3.35. The molecule has 0 bridgehead atoms. The van der Waals surface area contributed by atoms with E-state index in [1.54, 1.807) is 17.2 Å². The predicted octanol–water partition coefficient (Wildman–Crippen LogP) is 1.28. The first-order valence-electron chi connectivity index (χ1n) is 9.06. The van der Waals surface area contributed by atoms with Crippen LogP contribution < -0.4 is 9.80 Å². The average molecular weight is 353 g/mol. The van der Waals surface area contributed by atoms with Gasteiger partial charge in [-0.3, -0.25) is 4.79 Å². The highest BCUT2D eigenvalue weighted by Gasteiger charge is 2.23. The molecule has 136 valence electrons. The largest absolute Gasteiger partial charge is 0.378 e. The lowest BCUT2D eigenvalue weighted by atomic mass is 10.2. The second-order valence-corrected chi connectivity index (χ2v) is 6.46. The molecule has 3 heterocycles. The zero-order chi connectivity index (χ0) is 17.8. The lowest BCUT2D eigenvalue weighted by molar-refractivity contribution is 0.0299. The predicted molar refractivity (Wildman–Crippen MR) is 99.6 cm³/mol. The minimum Gasteiger partial charge on any atom is -0.378 e. The third-order valence-electron chi connectivity index (χ3n) is 4.84. The van der Waals surface area contributed by atoms with Crippen molar-refractivity contribution >= 4 is 17.5 Å². The maximum Gasteiger partial charge on any atom is 0.272 e. The summed E-state index contributed by atoms with van der Waals surface area (Å²) in [7, 11) is 0. The number of anilines is 2. The molecule has 7 heteroatoms. The number of benzene rings is 1. The van der Waals surface area contributed by atoms with Crippen molar-refractivity contribution in [2.24, 2.45) is 0 Å². The van der Waals surface area contributed by atoms with Gasteiger partial charge in [0.1, 0.15) is 5.69 Å². The van der Waals surface area contributed by atoms with Crippen LogP contribution in [0.1, 0.15) is 10.5 Å². The van der Waals surface area contributed by atoms with E-state index < -0.39 is 0 Å². The van der Waals surface area contributed by atoms with E-state index in [1.807, 2.05) is 6.07 Å². The number of amides is 1. The molecule has 2 fully saturated rings. The molecule has 0 saturated carbocycles. The molecule has 2 saturated heterocycles. The zero-order valence-corrected chi connectivity index (χ0v) is 14.8. The van der Waals surface area contributed by atoms with Gasteiger partial charge in [0.2, 0.25) is 5.95 Å². The summed E-state index contributed by atoms with van der Waals surface area (Å²) < 4.78 is 5.31. The van der Waals surface area contributed by atoms with Crippen molar-refractivity contribution in [1.29, 1.82) is 0 Å². The van der Waals surface area contributed by atoms with Crippen LogP contribution in [0.4, 0.5) is 11.6 Å². The van der Waals surface area contributed by atoms with Crippen molar-refractivity contribution in [3.8, 4) is 0 Å². The topological polar surface area (TPSA) is 61.8 Å². The van der Waals surface area contributed by atoms with Crippen molar-refractivity contribution in [2.45, 2.75) is 0 Å². The molecule has 1 aromatic carbocycles. The van der Waals surface area contributed by atoms with Gasteiger partial charge < -0.3 is 19.4 Å². The molecule has 1 aromatic heterocycles. The van der Waals surface area contributed by atoms with Crippen molar-refractivity contribution in [2.75, 3.05) is 62.3 Å². The number of piperazine rings is 1. The van der Waals surface area contributed by atoms with Gasteiger partial charge in [-0.25, -0.2) is 9.97 Å². The van der Waals surface area contributed by atoms with Crippen molar-refractivity contribution in [3.63, 3.8) is 0 Å². The van der Waals surface area contributed by atoms with Gasteiger partial charge in [-0.05, 0) is 18.2 Å². The molecule has 0 radical (unpaired) electrons. The molecule has 0 unspecified atom stereocenters. The van der Waals surface area contributed by atoms with Crippen molar-refractivity contribution < 1.29 is 9.53 Å². The Morgan fingerprint density at radius 2 is 1.58 bits per heavy atom. The van der Waals surface area contributed by atoms with Gasteiger partial charge in [0, 0.05) is 51.2 Å². The summed E-state index contributed by atoms with van der Waals surface area (Å²) in [4.78, 5) is 27.9. The SMILES string of the molecule is O=C(c1ccnc(N2CCN(c3ccccc3)CC2)n1)N1CCOCC1. The number of ether oxygens (including phenoxy) is 1. The van der Waals surface area contributed by atoms with Crippen LogP contribution >= 0.6 is 0 Å². The Morgan fingerprint density at radius 1 is 0.885 bits per heavy atom. The molecule has 26 heavy (non-hydrogen) atoms. The first-order chi connectivity index (χ1) is 12.8. The van der Waals surface area contributed by atoms with Crippen LogP contribution in [0, 0.1) is 0 Å². The second kappa shape index (κ2) is 7.70. The van der Waals surface area contributed by atoms with E-state index in [1.165, 1.54) is 5.69 Å². The summed E-state index contributed by atoms with van der Waals surface area (Å²) in [6.45, 7) is 5.91. The Kier molecular flexibility index (Phi) is 4.97. The number of aromatic nitrogens is 2. The van der Waals surface area contributed by atoms with Crippen molar-refractivity contribution in [3.05, 3.63) is 48.3 Å². The molecule has 0 atom stereocenters. The van der Waals surface area contributed by atoms with Gasteiger partial charge in [-0.15, -0.1) is 0 Å². The smallest absolute Gasteiger partial charge is 0.272 e. The molecule has 0 N–H and O–H groups in total. The number of para-hydroxylation sites is 1. The summed E-state index contributed by atoms with van der Waals surface area (Å²) >= 11 is 0. The van der Waals surface area contributed by atoms with Gasteiger partial charge in [0.15, 0.2) is 0 Å². The summed E-state index contributed by atoms with van der Waals surface area (Å²) in [5.74, 6) is 0.594. The lowest BCUT2D eigenvalue weighted by Crippen LogP contribution is -2.47. The number of hydrogen-bond donors (Lipinski definition) is 0. The number of nitrogens with zero attached hydrogens (tertiary/aromatic N) is 5. The Balaban J connectivity index is 1.42. The van der Waals surface area contributed by atoms with E-state index in [-0.39, 0.29) is 5.91 Å². The maximum absolute atomic E-state index is 12.6. The third kappa shape index (κ3) is 3.62. The summed E-state index contributed by atoms with van der Waals surface area (Å²) in [5.41, 5.74) is 1.70. The van der Waals surface area contributed by atoms with E-state index in [4.69, 9.17) is 4.74 Å². The van der Waals surface area contributed by atoms with Crippen LogP contribution in [0.3, 0.4) is 0 Å². The van der Waals surface area contributed by atoms with Crippen LogP contribution in [0.25, 0.3) is 0 Å². The molecular weight excluding hydrogens is 330 g/mol. The van der Waals surface area contributed by atoms with E-state index in [9.17, 15) is 4.79 Å². The van der Waals surface area contributed by atoms with Crippen LogP contribution in [-0.2, 0) is 4.74 Å². The Hall–Kier alpha value is -2.67. The molecule has 2 aliphatic rings. The third-order valence-corrected chi connectivity index (χ3v) is 4.84. The maximum atomic E-state index is 12.6. The molecule has 7 nitrogen and oxygen atoms in total. The van der Waals surface area contributed by atoms with Crippen LogP contribution in [0.5, 0.6) is 0 Å². The fraction of sp³-hybridized carbons (Fsp3) is 0.421. The monoisotopic (exact) mass is 353 g/mol. The van der Waals surface area contributed by atoms with E-state index in [0.717, 1.165) is 26.2 Å². The van der Waals surface area contributed by atoms with E-state index in [0.29, 0.717) is 37.9 Å².